The van der Waals surface area contributed by atoms with E-state index in [9.17, 15) is 14.4 Å². The summed E-state index contributed by atoms with van der Waals surface area (Å²) in [6, 6.07) is 29.1. The molecule has 4 aromatic carbocycles. The SMILES string of the molecule is CCOC(=O)c1c(-c2ccccc2)csc1NC(=O)[C@H](Sc1nc2ccccc2c(=O)n1-c1cc(C)c(Cl)cc1OC)c1ccccc1. The molecule has 0 saturated carbocycles. The fourth-order valence-electron chi connectivity index (χ4n) is 5.26. The Morgan fingerprint density at radius 2 is 1.69 bits per heavy atom. The number of carbonyl (C=O) groups is 2. The molecule has 1 atom stereocenters. The zero-order chi connectivity index (χ0) is 33.8. The number of carbonyl (C=O) groups excluding carboxylic acids is 2. The van der Waals surface area contributed by atoms with Crippen LogP contribution in [0.4, 0.5) is 5.00 Å². The van der Waals surface area contributed by atoms with E-state index in [1.807, 2.05) is 73.0 Å². The summed E-state index contributed by atoms with van der Waals surface area (Å²) in [4.78, 5) is 46.7. The van der Waals surface area contributed by atoms with E-state index in [0.29, 0.717) is 43.5 Å². The summed E-state index contributed by atoms with van der Waals surface area (Å²) in [6.45, 7) is 3.75. The van der Waals surface area contributed by atoms with Gasteiger partial charge in [-0.3, -0.25) is 14.2 Å². The van der Waals surface area contributed by atoms with Crippen molar-refractivity contribution in [3.8, 4) is 22.6 Å². The second-order valence-corrected chi connectivity index (χ2v) is 13.0. The number of amides is 1. The highest BCUT2D eigenvalue weighted by Crippen LogP contribution is 2.41. The van der Waals surface area contributed by atoms with Gasteiger partial charge in [0, 0.05) is 22.0 Å². The van der Waals surface area contributed by atoms with E-state index in [4.69, 9.17) is 26.1 Å². The molecule has 0 saturated heterocycles. The van der Waals surface area contributed by atoms with Crippen molar-refractivity contribution in [2.45, 2.75) is 24.3 Å². The number of ether oxygens (including phenoxy) is 2. The molecule has 0 spiro atoms. The molecule has 1 amide bonds. The third kappa shape index (κ3) is 6.60. The zero-order valence-electron chi connectivity index (χ0n) is 26.2. The van der Waals surface area contributed by atoms with Gasteiger partial charge in [-0.1, -0.05) is 96.2 Å². The molecule has 0 bridgehead atoms. The Morgan fingerprint density at radius 3 is 2.40 bits per heavy atom. The quantitative estimate of drug-likeness (QED) is 0.0869. The number of benzene rings is 4. The highest BCUT2D eigenvalue weighted by atomic mass is 35.5. The van der Waals surface area contributed by atoms with Gasteiger partial charge in [-0.15, -0.1) is 11.3 Å². The second-order valence-electron chi connectivity index (χ2n) is 10.7. The number of thiophene rings is 1. The Kier molecular flexibility index (Phi) is 9.95. The van der Waals surface area contributed by atoms with Crippen LogP contribution < -0.4 is 15.6 Å². The van der Waals surface area contributed by atoms with Crippen molar-refractivity contribution < 1.29 is 19.1 Å². The van der Waals surface area contributed by atoms with Gasteiger partial charge in [0.15, 0.2) is 5.16 Å². The van der Waals surface area contributed by atoms with Crippen LogP contribution in [0.1, 0.15) is 33.7 Å². The van der Waals surface area contributed by atoms with Gasteiger partial charge in [-0.05, 0) is 48.7 Å². The summed E-state index contributed by atoms with van der Waals surface area (Å²) >= 11 is 8.79. The lowest BCUT2D eigenvalue weighted by molar-refractivity contribution is -0.115. The number of nitrogens with one attached hydrogen (secondary N) is 1. The molecule has 2 heterocycles. The third-order valence-electron chi connectivity index (χ3n) is 7.60. The minimum atomic E-state index is -0.887. The highest BCUT2D eigenvalue weighted by molar-refractivity contribution is 8.00. The van der Waals surface area contributed by atoms with Crippen LogP contribution in [0.15, 0.2) is 112 Å². The lowest BCUT2D eigenvalue weighted by Gasteiger charge is -2.21. The first-order valence-electron chi connectivity index (χ1n) is 15.0. The number of nitrogens with zero attached hydrogens (tertiary/aromatic N) is 2. The molecule has 48 heavy (non-hydrogen) atoms. The number of para-hydroxylation sites is 1. The number of aryl methyl sites for hydroxylation is 1. The number of hydrogen-bond acceptors (Lipinski definition) is 8. The van der Waals surface area contributed by atoms with Gasteiger partial charge >= 0.3 is 5.97 Å². The molecule has 2 aromatic heterocycles. The van der Waals surface area contributed by atoms with E-state index in [-0.39, 0.29) is 22.9 Å². The van der Waals surface area contributed by atoms with Gasteiger partial charge in [0.05, 0.1) is 30.3 Å². The Labute approximate surface area is 290 Å². The van der Waals surface area contributed by atoms with Crippen LogP contribution in [0.3, 0.4) is 0 Å². The van der Waals surface area contributed by atoms with Crippen molar-refractivity contribution in [1.82, 2.24) is 9.55 Å². The predicted molar refractivity (Wildman–Crippen MR) is 193 cm³/mol. The van der Waals surface area contributed by atoms with Crippen molar-refractivity contribution in [2.75, 3.05) is 19.0 Å². The summed E-state index contributed by atoms with van der Waals surface area (Å²) in [5, 5.41) is 5.47. The van der Waals surface area contributed by atoms with Crippen molar-refractivity contribution in [3.05, 3.63) is 135 Å². The normalized spacial score (nSPS) is 11.7. The minimum absolute atomic E-state index is 0.178. The third-order valence-corrected chi connectivity index (χ3v) is 10.1. The van der Waals surface area contributed by atoms with Gasteiger partial charge in [-0.25, -0.2) is 9.78 Å². The number of hydrogen-bond donors (Lipinski definition) is 1. The van der Waals surface area contributed by atoms with Gasteiger partial charge in [0.2, 0.25) is 5.91 Å². The van der Waals surface area contributed by atoms with Crippen molar-refractivity contribution in [2.24, 2.45) is 0 Å². The van der Waals surface area contributed by atoms with Crippen molar-refractivity contribution in [1.29, 1.82) is 0 Å². The maximum atomic E-state index is 14.4. The first-order chi connectivity index (χ1) is 23.3. The summed E-state index contributed by atoms with van der Waals surface area (Å²) in [7, 11) is 1.50. The average Bonchev–Trinajstić information content (AvgIpc) is 3.52. The number of aromatic nitrogens is 2. The summed E-state index contributed by atoms with van der Waals surface area (Å²) in [5.74, 6) is -0.572. The molecule has 0 fully saturated rings. The van der Waals surface area contributed by atoms with Crippen LogP contribution in [-0.4, -0.2) is 35.1 Å². The van der Waals surface area contributed by atoms with E-state index < -0.39 is 17.1 Å². The van der Waals surface area contributed by atoms with Crippen LogP contribution in [0.25, 0.3) is 27.7 Å². The van der Waals surface area contributed by atoms with E-state index in [1.165, 1.54) is 23.0 Å². The molecular formula is C37H30ClN3O5S2. The smallest absolute Gasteiger partial charge is 0.341 e. The molecule has 1 N–H and O–H groups in total. The number of halogens is 1. The zero-order valence-corrected chi connectivity index (χ0v) is 28.6. The molecule has 8 nitrogen and oxygen atoms in total. The van der Waals surface area contributed by atoms with Crippen molar-refractivity contribution >= 4 is 62.5 Å². The standard InChI is InChI=1S/C37H30ClN3O5S2/c1-4-46-36(44)31-26(23-13-7-5-8-14-23)21-47-34(31)40-33(42)32(24-15-9-6-10-16-24)48-37-39-28-18-12-11-17-25(28)35(43)41(37)29-19-22(2)27(38)20-30(29)45-3/h5-21,32H,4H2,1-3H3,(H,40,42)/t32-/m1/s1. The Bertz CT molecular complexity index is 2190. The predicted octanol–water partition coefficient (Wildman–Crippen LogP) is 8.73. The lowest BCUT2D eigenvalue weighted by Crippen LogP contribution is -2.25. The molecule has 0 unspecified atom stereocenters. The summed E-state index contributed by atoms with van der Waals surface area (Å²) in [5.41, 5.74) is 3.76. The molecule has 242 valence electrons. The largest absolute Gasteiger partial charge is 0.495 e. The fourth-order valence-corrected chi connectivity index (χ4v) is 7.48. The lowest BCUT2D eigenvalue weighted by atomic mass is 10.0. The number of esters is 1. The van der Waals surface area contributed by atoms with Gasteiger partial charge in [0.1, 0.15) is 21.6 Å². The Balaban J connectivity index is 1.48. The minimum Gasteiger partial charge on any atom is -0.495 e. The Hall–Kier alpha value is -4.90. The van der Waals surface area contributed by atoms with Crippen LogP contribution in [0.2, 0.25) is 5.02 Å². The average molecular weight is 696 g/mol. The molecule has 6 aromatic rings. The van der Waals surface area contributed by atoms with E-state index in [1.54, 1.807) is 43.3 Å². The maximum absolute atomic E-state index is 14.4. The second kappa shape index (κ2) is 14.5. The van der Waals surface area contributed by atoms with Gasteiger partial charge in [-0.2, -0.15) is 0 Å². The van der Waals surface area contributed by atoms with Gasteiger partial charge in [0.25, 0.3) is 5.56 Å². The number of methoxy groups -OCH3 is 1. The first-order valence-corrected chi connectivity index (χ1v) is 17.2. The molecule has 0 aliphatic heterocycles. The van der Waals surface area contributed by atoms with Gasteiger partial charge < -0.3 is 14.8 Å². The summed E-state index contributed by atoms with van der Waals surface area (Å²) < 4.78 is 12.5. The van der Waals surface area contributed by atoms with Crippen LogP contribution >= 0.6 is 34.7 Å². The molecule has 0 radical (unpaired) electrons. The van der Waals surface area contributed by atoms with Crippen LogP contribution in [0.5, 0.6) is 5.75 Å². The fraction of sp³-hybridized carbons (Fsp3) is 0.135. The Morgan fingerprint density at radius 1 is 1.00 bits per heavy atom. The topological polar surface area (TPSA) is 99.5 Å². The molecule has 0 aliphatic rings. The van der Waals surface area contributed by atoms with E-state index >= 15 is 0 Å². The summed E-state index contributed by atoms with van der Waals surface area (Å²) in [6.07, 6.45) is 0. The number of thioether (sulfide) groups is 1. The molecule has 11 heteroatoms. The monoisotopic (exact) mass is 695 g/mol. The first kappa shape index (κ1) is 33.0. The van der Waals surface area contributed by atoms with Crippen LogP contribution in [-0.2, 0) is 9.53 Å². The highest BCUT2D eigenvalue weighted by Gasteiger charge is 2.30. The van der Waals surface area contributed by atoms with Crippen LogP contribution in [0, 0.1) is 6.92 Å². The molecular weight excluding hydrogens is 666 g/mol. The number of fused-ring (bicyclic) bond motifs is 1. The number of rotatable bonds is 10. The molecule has 0 aliphatic carbocycles. The van der Waals surface area contributed by atoms with E-state index in [0.717, 1.165) is 22.9 Å². The number of anilines is 1. The molecule has 6 rings (SSSR count). The van der Waals surface area contributed by atoms with E-state index in [2.05, 4.69) is 5.32 Å². The maximum Gasteiger partial charge on any atom is 0.341 e. The van der Waals surface area contributed by atoms with Crippen molar-refractivity contribution in [3.63, 3.8) is 0 Å².